The molecule has 0 radical (unpaired) electrons. The molecule has 2 heteroatoms. The van der Waals surface area contributed by atoms with Crippen molar-refractivity contribution in [2.24, 2.45) is 0 Å². The average Bonchev–Trinajstić information content (AvgIpc) is 2.16. The first-order valence-corrected chi connectivity index (χ1v) is 5.62. The van der Waals surface area contributed by atoms with Gasteiger partial charge in [0.1, 0.15) is 0 Å². The maximum Gasteiger partial charge on any atom is 0.163 e. The molecule has 0 fully saturated rings. The number of benzene rings is 1. The summed E-state index contributed by atoms with van der Waals surface area (Å²) in [7, 11) is -0.864. The van der Waals surface area contributed by atoms with E-state index in [-0.39, 0.29) is 0 Å². The zero-order valence-electron chi connectivity index (χ0n) is 7.27. The second-order valence-corrected chi connectivity index (χ2v) is 4.58. The topological polar surface area (TPSA) is 20.2 Å². The first kappa shape index (κ1) is 9.23. The molecule has 0 amide bonds. The summed E-state index contributed by atoms with van der Waals surface area (Å²) < 4.78 is 0. The molecule has 0 saturated heterocycles. The quantitative estimate of drug-likeness (QED) is 0.697. The Bertz CT molecular complexity index is 243. The number of hydrogen-bond donors (Lipinski definition) is 1. The van der Waals surface area contributed by atoms with Crippen LogP contribution < -0.4 is 0 Å². The second-order valence-electron chi connectivity index (χ2n) is 2.93. The van der Waals surface area contributed by atoms with E-state index in [9.17, 15) is 0 Å². The van der Waals surface area contributed by atoms with E-state index in [1.807, 2.05) is 25.1 Å². The van der Waals surface area contributed by atoms with Gasteiger partial charge in [-0.3, -0.25) is 0 Å². The van der Waals surface area contributed by atoms with Gasteiger partial charge in [0.15, 0.2) is 9.76 Å². The van der Waals surface area contributed by atoms with Crippen LogP contribution in [0.25, 0.3) is 6.08 Å². The molecule has 0 aliphatic carbocycles. The molecule has 1 nitrogen and oxygen atoms in total. The molecule has 0 aliphatic rings. The lowest BCUT2D eigenvalue weighted by molar-refractivity contribution is 0.593. The minimum Gasteiger partial charge on any atom is -0.438 e. The van der Waals surface area contributed by atoms with Gasteiger partial charge in [0.05, 0.1) is 0 Å². The fourth-order valence-corrected chi connectivity index (χ4v) is 1.16. The van der Waals surface area contributed by atoms with Gasteiger partial charge in [-0.25, -0.2) is 0 Å². The number of hydrogen-bond acceptors (Lipinski definition) is 1. The Morgan fingerprint density at radius 2 is 2.00 bits per heavy atom. The standard InChI is InChI=1S/C10H14OSi/c1-9(12-11)7-8-10-5-3-2-4-6-10/h2-9,11H,12H2,1H3. The minimum absolute atomic E-state index is 0.380. The van der Waals surface area contributed by atoms with Crippen molar-refractivity contribution in [2.75, 3.05) is 0 Å². The molecule has 1 unspecified atom stereocenters. The summed E-state index contributed by atoms with van der Waals surface area (Å²) in [6.07, 6.45) is 4.13. The molecule has 0 bridgehead atoms. The van der Waals surface area contributed by atoms with E-state index in [4.69, 9.17) is 4.80 Å². The van der Waals surface area contributed by atoms with Gasteiger partial charge in [0.2, 0.25) is 0 Å². The summed E-state index contributed by atoms with van der Waals surface area (Å²) in [5.74, 6) is 0. The van der Waals surface area contributed by atoms with Gasteiger partial charge in [-0.05, 0) is 11.1 Å². The van der Waals surface area contributed by atoms with E-state index < -0.39 is 9.76 Å². The monoisotopic (exact) mass is 178 g/mol. The molecule has 12 heavy (non-hydrogen) atoms. The number of rotatable bonds is 3. The van der Waals surface area contributed by atoms with E-state index in [0.717, 1.165) is 0 Å². The van der Waals surface area contributed by atoms with Gasteiger partial charge in [0, 0.05) is 0 Å². The van der Waals surface area contributed by atoms with Gasteiger partial charge < -0.3 is 4.80 Å². The third kappa shape index (κ3) is 3.03. The minimum atomic E-state index is -0.864. The van der Waals surface area contributed by atoms with Gasteiger partial charge >= 0.3 is 0 Å². The second kappa shape index (κ2) is 4.90. The third-order valence-corrected chi connectivity index (χ3v) is 2.55. The van der Waals surface area contributed by atoms with Crippen LogP contribution in [-0.2, 0) is 0 Å². The molecular formula is C10H14OSi. The Balaban J connectivity index is 2.58. The molecule has 1 rings (SSSR count). The van der Waals surface area contributed by atoms with Crippen molar-refractivity contribution < 1.29 is 4.80 Å². The van der Waals surface area contributed by atoms with Gasteiger partial charge in [-0.2, -0.15) is 0 Å². The van der Waals surface area contributed by atoms with Crippen molar-refractivity contribution in [2.45, 2.75) is 12.5 Å². The van der Waals surface area contributed by atoms with E-state index in [0.29, 0.717) is 5.54 Å². The predicted molar refractivity (Wildman–Crippen MR) is 55.7 cm³/mol. The van der Waals surface area contributed by atoms with Crippen molar-refractivity contribution in [1.29, 1.82) is 0 Å². The summed E-state index contributed by atoms with van der Waals surface area (Å²) >= 11 is 0. The molecule has 0 aromatic heterocycles. The highest BCUT2D eigenvalue weighted by atomic mass is 28.2. The Morgan fingerprint density at radius 3 is 2.58 bits per heavy atom. The zero-order valence-corrected chi connectivity index (χ0v) is 8.69. The Labute approximate surface area is 75.7 Å². The highest BCUT2D eigenvalue weighted by Crippen LogP contribution is 2.07. The first-order valence-electron chi connectivity index (χ1n) is 4.17. The van der Waals surface area contributed by atoms with Crippen LogP contribution in [-0.4, -0.2) is 14.6 Å². The van der Waals surface area contributed by atoms with Crippen LogP contribution in [0.5, 0.6) is 0 Å². The molecule has 1 aromatic carbocycles. The van der Waals surface area contributed by atoms with Crippen LogP contribution in [0.3, 0.4) is 0 Å². The Morgan fingerprint density at radius 1 is 1.33 bits per heavy atom. The Kier molecular flexibility index (Phi) is 3.77. The SMILES string of the molecule is CC(C=Cc1ccccc1)[SiH2]O. The Hall–Kier alpha value is -0.863. The van der Waals surface area contributed by atoms with Crippen LogP contribution in [0.2, 0.25) is 5.54 Å². The fourth-order valence-electron chi connectivity index (χ4n) is 0.900. The van der Waals surface area contributed by atoms with Gasteiger partial charge in [-0.15, -0.1) is 0 Å². The highest BCUT2D eigenvalue weighted by molar-refractivity contribution is 6.28. The lowest BCUT2D eigenvalue weighted by Crippen LogP contribution is -1.92. The van der Waals surface area contributed by atoms with Crippen molar-refractivity contribution in [3.8, 4) is 0 Å². The maximum atomic E-state index is 8.90. The molecule has 0 spiro atoms. The molecule has 64 valence electrons. The maximum absolute atomic E-state index is 8.90. The molecule has 0 heterocycles. The van der Waals surface area contributed by atoms with E-state index >= 15 is 0 Å². The number of allylic oxidation sites excluding steroid dienone is 1. The molecule has 1 atom stereocenters. The van der Waals surface area contributed by atoms with E-state index in [2.05, 4.69) is 24.3 Å². The van der Waals surface area contributed by atoms with Gasteiger partial charge in [0.25, 0.3) is 0 Å². The summed E-state index contributed by atoms with van der Waals surface area (Å²) in [6.45, 7) is 2.05. The van der Waals surface area contributed by atoms with Crippen LogP contribution in [0.1, 0.15) is 12.5 Å². The van der Waals surface area contributed by atoms with Crippen molar-refractivity contribution >= 4 is 15.8 Å². The summed E-state index contributed by atoms with van der Waals surface area (Å²) in [6, 6.07) is 10.1. The lowest BCUT2D eigenvalue weighted by Gasteiger charge is -1.97. The van der Waals surface area contributed by atoms with Crippen molar-refractivity contribution in [3.05, 3.63) is 42.0 Å². The van der Waals surface area contributed by atoms with E-state index in [1.54, 1.807) is 0 Å². The largest absolute Gasteiger partial charge is 0.438 e. The van der Waals surface area contributed by atoms with E-state index in [1.165, 1.54) is 5.56 Å². The molecule has 0 saturated carbocycles. The van der Waals surface area contributed by atoms with Crippen LogP contribution in [0.15, 0.2) is 36.4 Å². The molecular weight excluding hydrogens is 164 g/mol. The normalized spacial score (nSPS) is 14.5. The molecule has 1 N–H and O–H groups in total. The summed E-state index contributed by atoms with van der Waals surface area (Å²) in [5, 5.41) is 0. The fraction of sp³-hybridized carbons (Fsp3) is 0.200. The average molecular weight is 178 g/mol. The van der Waals surface area contributed by atoms with Crippen LogP contribution in [0.4, 0.5) is 0 Å². The summed E-state index contributed by atoms with van der Waals surface area (Å²) in [5.41, 5.74) is 1.58. The van der Waals surface area contributed by atoms with Crippen molar-refractivity contribution in [1.82, 2.24) is 0 Å². The zero-order chi connectivity index (χ0) is 8.81. The molecule has 1 aromatic rings. The third-order valence-electron chi connectivity index (χ3n) is 1.70. The predicted octanol–water partition coefficient (Wildman–Crippen LogP) is 1.58. The highest BCUT2D eigenvalue weighted by Gasteiger charge is 1.92. The van der Waals surface area contributed by atoms with Gasteiger partial charge in [-0.1, -0.05) is 49.4 Å². The van der Waals surface area contributed by atoms with Crippen LogP contribution in [0, 0.1) is 0 Å². The first-order chi connectivity index (χ1) is 5.83. The van der Waals surface area contributed by atoms with Crippen molar-refractivity contribution in [3.63, 3.8) is 0 Å². The smallest absolute Gasteiger partial charge is 0.163 e. The molecule has 0 aliphatic heterocycles. The van der Waals surface area contributed by atoms with Crippen LogP contribution >= 0.6 is 0 Å². The lowest BCUT2D eigenvalue weighted by atomic mass is 10.2. The summed E-state index contributed by atoms with van der Waals surface area (Å²) in [4.78, 5) is 8.90.